The van der Waals surface area contributed by atoms with E-state index in [0.29, 0.717) is 13.1 Å². The Morgan fingerprint density at radius 3 is 2.59 bits per heavy atom. The molecule has 0 aromatic rings. The van der Waals surface area contributed by atoms with Gasteiger partial charge in [-0.15, -0.1) is 0 Å². The standard InChI is InChI=1S/C12H20N2O3/c1-8(2)10(11(15)16)13-12(17)14-6-4-5-9(3)7-14/h5,8,10H,4,6-7H2,1-3H3,(H,13,17)(H,15,16). The number of nitrogens with zero attached hydrogens (tertiary/aromatic N) is 1. The summed E-state index contributed by atoms with van der Waals surface area (Å²) in [5.74, 6) is -1.12. The van der Waals surface area contributed by atoms with Gasteiger partial charge in [-0.3, -0.25) is 0 Å². The lowest BCUT2D eigenvalue weighted by Crippen LogP contribution is -2.51. The van der Waals surface area contributed by atoms with E-state index < -0.39 is 12.0 Å². The zero-order valence-corrected chi connectivity index (χ0v) is 10.6. The summed E-state index contributed by atoms with van der Waals surface area (Å²) in [6, 6.07) is -1.12. The molecule has 2 N–H and O–H groups in total. The van der Waals surface area contributed by atoms with Crippen LogP contribution in [0.25, 0.3) is 0 Å². The van der Waals surface area contributed by atoms with E-state index in [2.05, 4.69) is 11.4 Å². The third kappa shape index (κ3) is 3.76. The summed E-state index contributed by atoms with van der Waals surface area (Å²) in [5.41, 5.74) is 1.14. The number of carbonyl (C=O) groups is 2. The van der Waals surface area contributed by atoms with Crippen molar-refractivity contribution in [1.82, 2.24) is 10.2 Å². The van der Waals surface area contributed by atoms with Gasteiger partial charge in [0.1, 0.15) is 6.04 Å². The van der Waals surface area contributed by atoms with Crippen molar-refractivity contribution < 1.29 is 14.7 Å². The van der Waals surface area contributed by atoms with Crippen LogP contribution in [0.4, 0.5) is 4.79 Å². The van der Waals surface area contributed by atoms with Crippen molar-refractivity contribution in [3.8, 4) is 0 Å². The molecule has 1 rings (SSSR count). The molecule has 1 atom stereocenters. The maximum Gasteiger partial charge on any atom is 0.326 e. The first-order valence-corrected chi connectivity index (χ1v) is 5.85. The summed E-state index contributed by atoms with van der Waals surface area (Å²) in [5, 5.41) is 11.6. The van der Waals surface area contributed by atoms with Crippen LogP contribution in [0.3, 0.4) is 0 Å². The number of carboxylic acid groups (broad SMARTS) is 1. The first-order valence-electron chi connectivity index (χ1n) is 5.85. The van der Waals surface area contributed by atoms with Gasteiger partial charge in [0.2, 0.25) is 0 Å². The van der Waals surface area contributed by atoms with Gasteiger partial charge in [-0.2, -0.15) is 0 Å². The third-order valence-electron chi connectivity index (χ3n) is 2.83. The van der Waals surface area contributed by atoms with Gasteiger partial charge in [-0.1, -0.05) is 25.5 Å². The first kappa shape index (κ1) is 13.5. The minimum Gasteiger partial charge on any atom is -0.480 e. The Kier molecular flexibility index (Phi) is 4.54. The molecule has 0 aliphatic carbocycles. The van der Waals surface area contributed by atoms with Gasteiger partial charge in [0.25, 0.3) is 0 Å². The predicted octanol–water partition coefficient (Wildman–Crippen LogP) is 1.46. The fourth-order valence-corrected chi connectivity index (χ4v) is 1.82. The molecule has 0 aromatic carbocycles. The molecule has 0 saturated heterocycles. The van der Waals surface area contributed by atoms with Gasteiger partial charge in [-0.25, -0.2) is 9.59 Å². The average Bonchev–Trinajstić information content (AvgIpc) is 2.24. The number of amides is 2. The highest BCUT2D eigenvalue weighted by atomic mass is 16.4. The van der Waals surface area contributed by atoms with Crippen molar-refractivity contribution in [2.45, 2.75) is 33.2 Å². The molecule has 0 radical (unpaired) electrons. The normalized spacial score (nSPS) is 17.6. The molecule has 1 aliphatic heterocycles. The lowest BCUT2D eigenvalue weighted by molar-refractivity contribution is -0.140. The molecular formula is C12H20N2O3. The Hall–Kier alpha value is -1.52. The molecule has 0 saturated carbocycles. The Balaban J connectivity index is 2.59. The molecule has 17 heavy (non-hydrogen) atoms. The second kappa shape index (κ2) is 5.70. The summed E-state index contributed by atoms with van der Waals surface area (Å²) >= 11 is 0. The van der Waals surface area contributed by atoms with Gasteiger partial charge in [0.05, 0.1) is 0 Å². The molecule has 1 heterocycles. The van der Waals surface area contributed by atoms with E-state index in [0.717, 1.165) is 12.0 Å². The predicted molar refractivity (Wildman–Crippen MR) is 64.7 cm³/mol. The van der Waals surface area contributed by atoms with E-state index in [-0.39, 0.29) is 11.9 Å². The Labute approximate surface area is 101 Å². The average molecular weight is 240 g/mol. The van der Waals surface area contributed by atoms with Crippen molar-refractivity contribution in [3.63, 3.8) is 0 Å². The largest absolute Gasteiger partial charge is 0.480 e. The number of urea groups is 1. The van der Waals surface area contributed by atoms with Gasteiger partial charge in [0, 0.05) is 13.1 Å². The molecule has 0 aromatic heterocycles. The quantitative estimate of drug-likeness (QED) is 0.734. The number of carbonyl (C=O) groups excluding carboxylic acids is 1. The van der Waals surface area contributed by atoms with Gasteiger partial charge in [0.15, 0.2) is 0 Å². The third-order valence-corrected chi connectivity index (χ3v) is 2.83. The first-order chi connectivity index (χ1) is 7.91. The highest BCUT2D eigenvalue weighted by molar-refractivity contribution is 5.83. The van der Waals surface area contributed by atoms with Gasteiger partial charge in [-0.05, 0) is 19.3 Å². The smallest absolute Gasteiger partial charge is 0.326 e. The SMILES string of the molecule is CC1=CCCN(C(=O)NC(C(=O)O)C(C)C)C1. The van der Waals surface area contributed by atoms with E-state index in [9.17, 15) is 9.59 Å². The molecular weight excluding hydrogens is 220 g/mol. The molecule has 1 unspecified atom stereocenters. The summed E-state index contributed by atoms with van der Waals surface area (Å²) < 4.78 is 0. The number of hydrogen-bond acceptors (Lipinski definition) is 2. The van der Waals surface area contributed by atoms with E-state index in [1.807, 2.05) is 6.92 Å². The molecule has 0 bridgehead atoms. The van der Waals surface area contributed by atoms with Gasteiger partial charge >= 0.3 is 12.0 Å². The molecule has 0 spiro atoms. The van der Waals surface area contributed by atoms with Crippen LogP contribution in [0, 0.1) is 5.92 Å². The summed E-state index contributed by atoms with van der Waals surface area (Å²) in [6.45, 7) is 6.75. The topological polar surface area (TPSA) is 69.6 Å². The van der Waals surface area contributed by atoms with E-state index >= 15 is 0 Å². The van der Waals surface area contributed by atoms with Gasteiger partial charge < -0.3 is 15.3 Å². The maximum absolute atomic E-state index is 11.9. The summed E-state index contributed by atoms with van der Waals surface area (Å²) in [6.07, 6.45) is 2.93. The zero-order valence-electron chi connectivity index (χ0n) is 10.6. The van der Waals surface area contributed by atoms with Crippen LogP contribution in [0.2, 0.25) is 0 Å². The van der Waals surface area contributed by atoms with Crippen molar-refractivity contribution in [2.24, 2.45) is 5.92 Å². The minimum absolute atomic E-state index is 0.127. The Morgan fingerprint density at radius 1 is 1.47 bits per heavy atom. The summed E-state index contributed by atoms with van der Waals surface area (Å²) in [4.78, 5) is 24.5. The van der Waals surface area contributed by atoms with E-state index in [1.165, 1.54) is 0 Å². The van der Waals surface area contributed by atoms with Crippen LogP contribution >= 0.6 is 0 Å². The fourth-order valence-electron chi connectivity index (χ4n) is 1.82. The second-order valence-electron chi connectivity index (χ2n) is 4.77. The molecule has 2 amide bonds. The molecule has 0 fully saturated rings. The second-order valence-corrected chi connectivity index (χ2v) is 4.77. The van der Waals surface area contributed by atoms with E-state index in [1.54, 1.807) is 18.7 Å². The minimum atomic E-state index is -0.988. The zero-order chi connectivity index (χ0) is 13.0. The van der Waals surface area contributed by atoms with E-state index in [4.69, 9.17) is 5.11 Å². The van der Waals surface area contributed by atoms with Crippen molar-refractivity contribution in [1.29, 1.82) is 0 Å². The van der Waals surface area contributed by atoms with Crippen LogP contribution in [-0.4, -0.2) is 41.1 Å². The lowest BCUT2D eigenvalue weighted by atomic mass is 10.1. The van der Waals surface area contributed by atoms with Crippen molar-refractivity contribution in [3.05, 3.63) is 11.6 Å². The molecule has 5 nitrogen and oxygen atoms in total. The van der Waals surface area contributed by atoms with Crippen LogP contribution in [0.5, 0.6) is 0 Å². The summed E-state index contributed by atoms with van der Waals surface area (Å²) in [7, 11) is 0. The molecule has 1 aliphatic rings. The highest BCUT2D eigenvalue weighted by Crippen LogP contribution is 2.10. The fraction of sp³-hybridized carbons (Fsp3) is 0.667. The van der Waals surface area contributed by atoms with Crippen molar-refractivity contribution in [2.75, 3.05) is 13.1 Å². The Morgan fingerprint density at radius 2 is 2.12 bits per heavy atom. The number of rotatable bonds is 3. The maximum atomic E-state index is 11.9. The molecule has 5 heteroatoms. The lowest BCUT2D eigenvalue weighted by Gasteiger charge is -2.28. The number of carboxylic acids is 1. The number of aliphatic carboxylic acids is 1. The Bertz CT molecular complexity index is 337. The van der Waals surface area contributed by atoms with Crippen LogP contribution in [-0.2, 0) is 4.79 Å². The van der Waals surface area contributed by atoms with Crippen LogP contribution < -0.4 is 5.32 Å². The number of nitrogens with one attached hydrogen (secondary N) is 1. The highest BCUT2D eigenvalue weighted by Gasteiger charge is 2.26. The van der Waals surface area contributed by atoms with Crippen molar-refractivity contribution >= 4 is 12.0 Å². The van der Waals surface area contributed by atoms with Crippen LogP contribution in [0.1, 0.15) is 27.2 Å². The number of hydrogen-bond donors (Lipinski definition) is 2. The van der Waals surface area contributed by atoms with Crippen LogP contribution in [0.15, 0.2) is 11.6 Å². The molecule has 96 valence electrons. The monoisotopic (exact) mass is 240 g/mol.